The summed E-state index contributed by atoms with van der Waals surface area (Å²) in [7, 11) is 1.46. The van der Waals surface area contributed by atoms with Crippen molar-refractivity contribution in [3.63, 3.8) is 0 Å². The Morgan fingerprint density at radius 1 is 1.43 bits per heavy atom. The molecule has 1 saturated heterocycles. The number of furan rings is 1. The summed E-state index contributed by atoms with van der Waals surface area (Å²) in [6, 6.07) is 8.35. The Morgan fingerprint density at radius 3 is 2.96 bits per heavy atom. The van der Waals surface area contributed by atoms with Crippen LogP contribution in [0.5, 0.6) is 11.5 Å². The van der Waals surface area contributed by atoms with Crippen LogP contribution < -0.4 is 10.1 Å². The minimum Gasteiger partial charge on any atom is -0.504 e. The molecule has 0 aliphatic carbocycles. The molecule has 7 heteroatoms. The molecule has 6 nitrogen and oxygen atoms in total. The molecular weight excluding hydrogens is 316 g/mol. The summed E-state index contributed by atoms with van der Waals surface area (Å²) in [6.07, 6.45) is 3.20. The second-order valence-electron chi connectivity index (χ2n) is 4.89. The van der Waals surface area contributed by atoms with E-state index in [9.17, 15) is 9.90 Å². The highest BCUT2D eigenvalue weighted by molar-refractivity contribution is 7.80. The number of carbonyl (C=O) groups excluding carboxylic acids is 1. The Morgan fingerprint density at radius 2 is 2.26 bits per heavy atom. The van der Waals surface area contributed by atoms with Crippen molar-refractivity contribution in [3.05, 3.63) is 53.6 Å². The summed E-state index contributed by atoms with van der Waals surface area (Å²) >= 11 is 5.20. The van der Waals surface area contributed by atoms with Crippen molar-refractivity contribution in [2.75, 3.05) is 7.11 Å². The number of hydrogen-bond acceptors (Lipinski definition) is 5. The van der Waals surface area contributed by atoms with Gasteiger partial charge in [0.2, 0.25) is 0 Å². The molecule has 0 radical (unpaired) electrons. The van der Waals surface area contributed by atoms with Crippen LogP contribution in [0.1, 0.15) is 11.3 Å². The third kappa shape index (κ3) is 3.04. The first kappa shape index (κ1) is 15.1. The zero-order chi connectivity index (χ0) is 16.4. The zero-order valence-corrected chi connectivity index (χ0v) is 13.1. The van der Waals surface area contributed by atoms with Gasteiger partial charge in [0.1, 0.15) is 11.5 Å². The predicted molar refractivity (Wildman–Crippen MR) is 87.6 cm³/mol. The molecule has 1 aromatic heterocycles. The van der Waals surface area contributed by atoms with Gasteiger partial charge in [-0.05, 0) is 48.1 Å². The number of ether oxygens (including phenoxy) is 1. The van der Waals surface area contributed by atoms with Crippen molar-refractivity contribution in [2.45, 2.75) is 6.54 Å². The predicted octanol–water partition coefficient (Wildman–Crippen LogP) is 2.25. The molecule has 3 rings (SSSR count). The van der Waals surface area contributed by atoms with Crippen LogP contribution in [0, 0.1) is 0 Å². The number of phenolic OH excluding ortho intramolecular Hbond substituents is 1. The topological polar surface area (TPSA) is 74.9 Å². The Hall–Kier alpha value is -2.80. The lowest BCUT2D eigenvalue weighted by Gasteiger charge is -2.11. The van der Waals surface area contributed by atoms with Gasteiger partial charge >= 0.3 is 0 Å². The van der Waals surface area contributed by atoms with Gasteiger partial charge in [-0.15, -0.1) is 0 Å². The lowest BCUT2D eigenvalue weighted by Crippen LogP contribution is -2.29. The minimum atomic E-state index is -0.238. The molecule has 1 amide bonds. The number of methoxy groups -OCH3 is 1. The van der Waals surface area contributed by atoms with Crippen molar-refractivity contribution >= 4 is 29.3 Å². The van der Waals surface area contributed by atoms with Crippen LogP contribution in [-0.4, -0.2) is 28.1 Å². The summed E-state index contributed by atoms with van der Waals surface area (Å²) in [6.45, 7) is 0.272. The molecule has 2 aromatic rings. The van der Waals surface area contributed by atoms with Gasteiger partial charge in [0.05, 0.1) is 19.9 Å². The quantitative estimate of drug-likeness (QED) is 0.661. The number of hydrogen-bond donors (Lipinski definition) is 2. The first-order chi connectivity index (χ1) is 11.1. The molecule has 1 aromatic carbocycles. The number of benzene rings is 1. The van der Waals surface area contributed by atoms with Crippen LogP contribution in [0.4, 0.5) is 0 Å². The molecule has 1 aliphatic rings. The van der Waals surface area contributed by atoms with E-state index in [-0.39, 0.29) is 18.2 Å². The summed E-state index contributed by atoms with van der Waals surface area (Å²) in [4.78, 5) is 13.9. The largest absolute Gasteiger partial charge is 0.504 e. The lowest BCUT2D eigenvalue weighted by atomic mass is 10.1. The molecule has 118 valence electrons. The van der Waals surface area contributed by atoms with Gasteiger partial charge in [-0.1, -0.05) is 6.07 Å². The van der Waals surface area contributed by atoms with E-state index in [1.807, 2.05) is 0 Å². The van der Waals surface area contributed by atoms with Crippen LogP contribution in [0.2, 0.25) is 0 Å². The monoisotopic (exact) mass is 330 g/mol. The summed E-state index contributed by atoms with van der Waals surface area (Å²) in [5.74, 6) is 0.781. The van der Waals surface area contributed by atoms with Gasteiger partial charge in [0.25, 0.3) is 5.91 Å². The number of thiocarbonyl (C=S) groups is 1. The fourth-order valence-corrected chi connectivity index (χ4v) is 2.48. The molecule has 0 saturated carbocycles. The first-order valence-electron chi connectivity index (χ1n) is 6.82. The number of nitrogens with one attached hydrogen (secondary N) is 1. The van der Waals surface area contributed by atoms with E-state index in [1.165, 1.54) is 18.1 Å². The second-order valence-corrected chi connectivity index (χ2v) is 5.28. The number of rotatable bonds is 4. The summed E-state index contributed by atoms with van der Waals surface area (Å²) in [5.41, 5.74) is 1.06. The fraction of sp³-hybridized carbons (Fsp3) is 0.125. The second kappa shape index (κ2) is 6.13. The van der Waals surface area contributed by atoms with Crippen molar-refractivity contribution in [1.29, 1.82) is 0 Å². The van der Waals surface area contributed by atoms with Crippen molar-refractivity contribution in [2.24, 2.45) is 0 Å². The van der Waals surface area contributed by atoms with E-state index in [4.69, 9.17) is 21.4 Å². The van der Waals surface area contributed by atoms with Crippen molar-refractivity contribution in [3.8, 4) is 11.5 Å². The van der Waals surface area contributed by atoms with Crippen LogP contribution >= 0.6 is 12.2 Å². The minimum absolute atomic E-state index is 0.0373. The smallest absolute Gasteiger partial charge is 0.276 e. The standard InChI is InChI=1S/C16H14N2O4S/c1-21-14-8-10(4-5-13(14)19)7-12-15(20)18(16(23)17-12)9-11-3-2-6-22-11/h2-8,19H,9H2,1H3,(H,17,23)/b12-7-. The van der Waals surface area contributed by atoms with Crippen molar-refractivity contribution < 1.29 is 19.1 Å². The van der Waals surface area contributed by atoms with Gasteiger partial charge in [-0.2, -0.15) is 0 Å². The van der Waals surface area contributed by atoms with Gasteiger partial charge in [0, 0.05) is 0 Å². The number of carbonyl (C=O) groups is 1. The molecule has 2 N–H and O–H groups in total. The first-order valence-corrected chi connectivity index (χ1v) is 7.23. The molecule has 0 bridgehead atoms. The van der Waals surface area contributed by atoms with Crippen molar-refractivity contribution in [1.82, 2.24) is 10.2 Å². The highest BCUT2D eigenvalue weighted by Gasteiger charge is 2.31. The molecule has 1 fully saturated rings. The van der Waals surface area contributed by atoms with Gasteiger partial charge in [-0.3, -0.25) is 9.69 Å². The fourth-order valence-electron chi connectivity index (χ4n) is 2.22. The number of amides is 1. The van der Waals surface area contributed by atoms with Crippen LogP contribution in [0.25, 0.3) is 6.08 Å². The van der Waals surface area contributed by atoms with Gasteiger partial charge in [0.15, 0.2) is 16.6 Å². The third-order valence-corrected chi connectivity index (χ3v) is 3.69. The maximum Gasteiger partial charge on any atom is 0.276 e. The average molecular weight is 330 g/mol. The Balaban J connectivity index is 1.83. The molecule has 0 spiro atoms. The van der Waals surface area contributed by atoms with E-state index < -0.39 is 0 Å². The molecule has 2 heterocycles. The van der Waals surface area contributed by atoms with E-state index in [0.29, 0.717) is 27.9 Å². The van der Waals surface area contributed by atoms with Gasteiger partial charge in [-0.25, -0.2) is 0 Å². The van der Waals surface area contributed by atoms with Crippen LogP contribution in [0.3, 0.4) is 0 Å². The van der Waals surface area contributed by atoms with E-state index in [2.05, 4.69) is 5.32 Å². The molecular formula is C16H14N2O4S. The molecule has 0 atom stereocenters. The Kier molecular flexibility index (Phi) is 4.03. The molecule has 0 unspecified atom stereocenters. The van der Waals surface area contributed by atoms with E-state index in [0.717, 1.165) is 0 Å². The highest BCUT2D eigenvalue weighted by Crippen LogP contribution is 2.27. The Bertz CT molecular complexity index is 783. The van der Waals surface area contributed by atoms with E-state index in [1.54, 1.807) is 36.6 Å². The number of aromatic hydroxyl groups is 1. The highest BCUT2D eigenvalue weighted by atomic mass is 32.1. The average Bonchev–Trinajstić information content (AvgIpc) is 3.14. The summed E-state index contributed by atoms with van der Waals surface area (Å²) < 4.78 is 10.3. The maximum atomic E-state index is 12.5. The number of phenols is 1. The Labute approximate surface area is 138 Å². The normalized spacial score (nSPS) is 16.0. The SMILES string of the molecule is COc1cc(/C=C2\NC(=S)N(Cc3ccco3)C2=O)ccc1O. The van der Waals surface area contributed by atoms with E-state index >= 15 is 0 Å². The number of nitrogens with zero attached hydrogens (tertiary/aromatic N) is 1. The third-order valence-electron chi connectivity index (χ3n) is 3.37. The molecule has 1 aliphatic heterocycles. The maximum absolute atomic E-state index is 12.5. The van der Waals surface area contributed by atoms with Gasteiger partial charge < -0.3 is 19.6 Å². The summed E-state index contributed by atoms with van der Waals surface area (Å²) in [5, 5.41) is 12.8. The van der Waals surface area contributed by atoms with Crippen LogP contribution in [-0.2, 0) is 11.3 Å². The van der Waals surface area contributed by atoms with Crippen LogP contribution in [0.15, 0.2) is 46.7 Å². The molecule has 23 heavy (non-hydrogen) atoms. The zero-order valence-electron chi connectivity index (χ0n) is 12.3. The lowest BCUT2D eigenvalue weighted by molar-refractivity contribution is -0.122.